The molecule has 34 heavy (non-hydrogen) atoms. The number of hydrogen-bond donors (Lipinski definition) is 0. The Bertz CT molecular complexity index is 1170. The van der Waals surface area contributed by atoms with Crippen molar-refractivity contribution in [1.82, 2.24) is 4.90 Å². The van der Waals surface area contributed by atoms with Crippen molar-refractivity contribution in [3.8, 4) is 0 Å². The molecule has 0 spiro atoms. The molecule has 6 nitrogen and oxygen atoms in total. The first kappa shape index (κ1) is 22.5. The molecule has 0 bridgehead atoms. The summed E-state index contributed by atoms with van der Waals surface area (Å²) in [4.78, 5) is 9.64. The van der Waals surface area contributed by atoms with Gasteiger partial charge in [-0.15, -0.1) is 0 Å². The van der Waals surface area contributed by atoms with Crippen LogP contribution in [0, 0.1) is 5.21 Å². The fraction of sp³-hybridized carbons (Fsp3) is 0.259. The van der Waals surface area contributed by atoms with E-state index in [-0.39, 0.29) is 0 Å². The molecule has 3 aromatic rings. The molecule has 1 saturated heterocycles. The van der Waals surface area contributed by atoms with E-state index in [0.29, 0.717) is 25.5 Å². The topological polar surface area (TPSA) is 54.1 Å². The van der Waals surface area contributed by atoms with Crippen LogP contribution in [0.1, 0.15) is 11.1 Å². The van der Waals surface area contributed by atoms with Crippen LogP contribution in [0.25, 0.3) is 0 Å². The lowest BCUT2D eigenvalue weighted by Gasteiger charge is -2.36. The van der Waals surface area contributed by atoms with Crippen LogP contribution in [0.15, 0.2) is 96.0 Å². The average Bonchev–Trinajstić information content (AvgIpc) is 3.22. The number of para-hydroxylation sites is 1. The van der Waals surface area contributed by atoms with Gasteiger partial charge < -0.3 is 14.8 Å². The van der Waals surface area contributed by atoms with Crippen molar-refractivity contribution in [3.63, 3.8) is 0 Å². The van der Waals surface area contributed by atoms with Crippen LogP contribution in [0.5, 0.6) is 0 Å². The lowest BCUT2D eigenvalue weighted by atomic mass is 10.1. The third-order valence-corrected chi connectivity index (χ3v) is 6.98. The number of hydrogen-bond acceptors (Lipinski definition) is 5. The van der Waals surface area contributed by atoms with Gasteiger partial charge in [0.1, 0.15) is 6.54 Å². The molecule has 7 heteroatoms. The van der Waals surface area contributed by atoms with Crippen LogP contribution in [0.2, 0.25) is 0 Å². The van der Waals surface area contributed by atoms with Gasteiger partial charge in [-0.3, -0.25) is 4.90 Å². The van der Waals surface area contributed by atoms with E-state index < -0.39 is 5.79 Å². The molecule has 0 aromatic heterocycles. The van der Waals surface area contributed by atoms with Crippen LogP contribution in [0.3, 0.4) is 0 Å². The molecule has 3 aromatic carbocycles. The van der Waals surface area contributed by atoms with E-state index in [4.69, 9.17) is 9.73 Å². The zero-order valence-electron chi connectivity index (χ0n) is 19.2. The first-order valence-electron chi connectivity index (χ1n) is 11.5. The molecule has 0 aliphatic carbocycles. The Morgan fingerprint density at radius 1 is 0.912 bits per heavy atom. The summed E-state index contributed by atoms with van der Waals surface area (Å²) in [5, 5.41) is 15.3. The predicted octanol–water partition coefficient (Wildman–Crippen LogP) is 4.37. The quantitative estimate of drug-likeness (QED) is 0.244. The van der Waals surface area contributed by atoms with Crippen LogP contribution >= 0.6 is 11.8 Å². The Kier molecular flexibility index (Phi) is 6.56. The second-order valence-corrected chi connectivity index (χ2v) is 9.00. The molecule has 0 amide bonds. The zero-order valence-corrected chi connectivity index (χ0v) is 20.0. The lowest BCUT2D eigenvalue weighted by molar-refractivity contribution is -0.547. The van der Waals surface area contributed by atoms with Crippen molar-refractivity contribution >= 4 is 28.3 Å². The smallest absolute Gasteiger partial charge is 0.379 e. The summed E-state index contributed by atoms with van der Waals surface area (Å²) < 4.78 is 6.68. The molecule has 0 radical (unpaired) electrons. The summed E-state index contributed by atoms with van der Waals surface area (Å²) in [6.45, 7) is 3.26. The molecular formula is C27H28N4O2S. The largest absolute Gasteiger partial charge is 0.620 e. The molecule has 0 saturated carbocycles. The van der Waals surface area contributed by atoms with E-state index in [9.17, 15) is 5.21 Å². The molecule has 2 heterocycles. The highest BCUT2D eigenvalue weighted by Crippen LogP contribution is 2.40. The van der Waals surface area contributed by atoms with Crippen molar-refractivity contribution < 1.29 is 9.48 Å². The predicted molar refractivity (Wildman–Crippen MR) is 139 cm³/mol. The van der Waals surface area contributed by atoms with Gasteiger partial charge in [0.25, 0.3) is 0 Å². The SMILES string of the molecule is CS/C(=N\C1(c2ccccc2)N(c2ccccc2)CC(c2ccccc2)=[N+]1[O-])N1CCOCC1. The fourth-order valence-corrected chi connectivity index (χ4v) is 5.24. The molecular weight excluding hydrogens is 444 g/mol. The Morgan fingerprint density at radius 3 is 2.12 bits per heavy atom. The molecule has 174 valence electrons. The Morgan fingerprint density at radius 2 is 1.50 bits per heavy atom. The number of benzene rings is 3. The summed E-state index contributed by atoms with van der Waals surface area (Å²) in [6, 6.07) is 29.9. The van der Waals surface area contributed by atoms with Crippen molar-refractivity contribution in [2.75, 3.05) is 44.0 Å². The number of ether oxygens (including phenoxy) is 1. The van der Waals surface area contributed by atoms with E-state index >= 15 is 0 Å². The second kappa shape index (κ2) is 9.91. The van der Waals surface area contributed by atoms with E-state index in [1.807, 2.05) is 97.3 Å². The van der Waals surface area contributed by atoms with Gasteiger partial charge in [0.2, 0.25) is 5.71 Å². The van der Waals surface area contributed by atoms with Crippen molar-refractivity contribution in [2.45, 2.75) is 5.79 Å². The first-order chi connectivity index (χ1) is 16.7. The molecule has 1 atom stereocenters. The van der Waals surface area contributed by atoms with Gasteiger partial charge >= 0.3 is 5.79 Å². The number of rotatable bonds is 4. The number of nitrogens with zero attached hydrogens (tertiary/aromatic N) is 4. The van der Waals surface area contributed by atoms with Crippen molar-refractivity contribution in [1.29, 1.82) is 0 Å². The van der Waals surface area contributed by atoms with Gasteiger partial charge in [-0.25, -0.2) is 0 Å². The zero-order chi connectivity index (χ0) is 23.4. The van der Waals surface area contributed by atoms with Gasteiger partial charge in [-0.05, 0) is 42.7 Å². The highest BCUT2D eigenvalue weighted by Gasteiger charge is 2.55. The summed E-state index contributed by atoms with van der Waals surface area (Å²) in [6.07, 6.45) is 2.02. The number of morpholine rings is 1. The first-order valence-corrected chi connectivity index (χ1v) is 12.7. The number of anilines is 1. The number of thioether (sulfide) groups is 1. The normalized spacial score (nSPS) is 21.3. The summed E-state index contributed by atoms with van der Waals surface area (Å²) in [5.74, 6) is -1.27. The standard InChI is InChI=1S/C27H28N4O2S/c1-34-26(29-17-19-33-20-18-29)28-27(23-13-7-3-8-14-23)30(24-15-9-4-10-16-24)21-25(31(27)32)22-11-5-2-6-12-22/h2-16H,17-21H2,1H3/b28-26-. The fourth-order valence-electron chi connectivity index (χ4n) is 4.58. The average molecular weight is 473 g/mol. The minimum atomic E-state index is -1.27. The van der Waals surface area contributed by atoms with Crippen LogP contribution in [-0.4, -0.2) is 59.6 Å². The third-order valence-electron chi connectivity index (χ3n) is 6.26. The Hall–Kier alpha value is -3.29. The van der Waals surface area contributed by atoms with Gasteiger partial charge in [-0.2, -0.15) is 9.73 Å². The van der Waals surface area contributed by atoms with Gasteiger partial charge in [0.05, 0.1) is 18.8 Å². The van der Waals surface area contributed by atoms with E-state index in [1.54, 1.807) is 11.8 Å². The molecule has 1 fully saturated rings. The van der Waals surface area contributed by atoms with Crippen LogP contribution in [-0.2, 0) is 10.5 Å². The van der Waals surface area contributed by atoms with E-state index in [2.05, 4.69) is 9.80 Å². The molecule has 0 N–H and O–H groups in total. The monoisotopic (exact) mass is 472 g/mol. The lowest BCUT2D eigenvalue weighted by Crippen LogP contribution is -2.49. The number of amidine groups is 1. The van der Waals surface area contributed by atoms with E-state index in [1.165, 1.54) is 0 Å². The Labute approximate surface area is 204 Å². The molecule has 2 aliphatic rings. The van der Waals surface area contributed by atoms with Crippen molar-refractivity contribution in [2.24, 2.45) is 4.99 Å². The summed E-state index contributed by atoms with van der Waals surface area (Å²) in [5.41, 5.74) is 3.38. The highest BCUT2D eigenvalue weighted by molar-refractivity contribution is 8.13. The number of hydroxylamine groups is 1. The van der Waals surface area contributed by atoms with E-state index in [0.717, 1.165) is 39.8 Å². The molecule has 5 rings (SSSR count). The maximum absolute atomic E-state index is 14.4. The molecule has 2 aliphatic heterocycles. The highest BCUT2D eigenvalue weighted by atomic mass is 32.2. The molecule has 1 unspecified atom stereocenters. The minimum Gasteiger partial charge on any atom is -0.620 e. The van der Waals surface area contributed by atoms with Crippen LogP contribution < -0.4 is 4.90 Å². The minimum absolute atomic E-state index is 0.445. The van der Waals surface area contributed by atoms with Gasteiger partial charge in [0.15, 0.2) is 5.17 Å². The second-order valence-electron chi connectivity index (χ2n) is 8.23. The van der Waals surface area contributed by atoms with Crippen molar-refractivity contribution in [3.05, 3.63) is 107 Å². The maximum atomic E-state index is 14.4. The summed E-state index contributed by atoms with van der Waals surface area (Å²) >= 11 is 1.57. The van der Waals surface area contributed by atoms with Gasteiger partial charge in [0, 0.05) is 24.3 Å². The maximum Gasteiger partial charge on any atom is 0.379 e. The third kappa shape index (κ3) is 4.06. The number of aliphatic imine (C=N–C) groups is 1. The van der Waals surface area contributed by atoms with Crippen LogP contribution in [0.4, 0.5) is 5.69 Å². The van der Waals surface area contributed by atoms with Gasteiger partial charge in [-0.1, -0.05) is 66.4 Å². The Balaban J connectivity index is 1.76. The summed E-state index contributed by atoms with van der Waals surface area (Å²) in [7, 11) is 0.